The molecule has 0 aliphatic carbocycles. The molecule has 0 saturated carbocycles. The van der Waals surface area contributed by atoms with Gasteiger partial charge in [0, 0.05) is 37.0 Å². The van der Waals surface area contributed by atoms with Gasteiger partial charge in [-0.1, -0.05) is 26.0 Å². The van der Waals surface area contributed by atoms with Gasteiger partial charge in [-0.05, 0) is 37.0 Å². The molecule has 0 amide bonds. The highest BCUT2D eigenvalue weighted by atomic mass is 16.4. The van der Waals surface area contributed by atoms with Crippen LogP contribution in [0.15, 0.2) is 24.3 Å². The number of carboxylic acid groups (broad SMARTS) is 1. The number of hydrogen-bond acceptors (Lipinski definition) is 3. The molecule has 124 valence electrons. The molecule has 0 aliphatic heterocycles. The van der Waals surface area contributed by atoms with E-state index in [1.165, 1.54) is 11.3 Å². The van der Waals surface area contributed by atoms with Crippen LogP contribution in [-0.4, -0.2) is 20.9 Å². The average Bonchev–Trinajstić information content (AvgIpc) is 2.86. The Balaban J connectivity index is 2.09. The Hall–Kier alpha value is -2.30. The highest BCUT2D eigenvalue weighted by molar-refractivity contribution is 5.67. The van der Waals surface area contributed by atoms with E-state index in [1.807, 2.05) is 36.0 Å². The molecule has 0 bridgehead atoms. The second-order valence-corrected chi connectivity index (χ2v) is 5.65. The van der Waals surface area contributed by atoms with Gasteiger partial charge in [-0.15, -0.1) is 0 Å². The van der Waals surface area contributed by atoms with Crippen LogP contribution in [0.4, 0.5) is 5.69 Å². The number of benzene rings is 1. The minimum atomic E-state index is -0.765. The summed E-state index contributed by atoms with van der Waals surface area (Å²) >= 11 is 0. The Morgan fingerprint density at radius 3 is 2.74 bits per heavy atom. The molecule has 1 heterocycles. The third kappa shape index (κ3) is 4.34. The van der Waals surface area contributed by atoms with E-state index in [1.54, 1.807) is 0 Å². The summed E-state index contributed by atoms with van der Waals surface area (Å²) in [4.78, 5) is 10.7. The summed E-state index contributed by atoms with van der Waals surface area (Å²) in [6, 6.07) is 7.96. The number of hydrogen-bond donors (Lipinski definition) is 2. The van der Waals surface area contributed by atoms with Crippen molar-refractivity contribution < 1.29 is 9.90 Å². The highest BCUT2D eigenvalue weighted by Gasteiger charge is 2.13. The summed E-state index contributed by atoms with van der Waals surface area (Å²) in [5, 5.41) is 16.8. The molecule has 5 nitrogen and oxygen atoms in total. The van der Waals surface area contributed by atoms with Crippen molar-refractivity contribution in [3.8, 4) is 0 Å². The SMILES string of the molecule is CCc1nn(C)c(CC)c1CNc1cccc(CCC(=O)O)c1. The van der Waals surface area contributed by atoms with E-state index >= 15 is 0 Å². The molecule has 5 heteroatoms. The van der Waals surface area contributed by atoms with Crippen molar-refractivity contribution in [3.05, 3.63) is 46.8 Å². The number of anilines is 1. The Morgan fingerprint density at radius 1 is 1.30 bits per heavy atom. The highest BCUT2D eigenvalue weighted by Crippen LogP contribution is 2.19. The van der Waals surface area contributed by atoms with Gasteiger partial charge in [-0.3, -0.25) is 9.48 Å². The first-order valence-electron chi connectivity index (χ1n) is 8.13. The lowest BCUT2D eigenvalue weighted by Gasteiger charge is -2.10. The maximum absolute atomic E-state index is 10.7. The van der Waals surface area contributed by atoms with Gasteiger partial charge in [0.15, 0.2) is 0 Å². The fourth-order valence-corrected chi connectivity index (χ4v) is 2.87. The molecule has 1 aromatic carbocycles. The van der Waals surface area contributed by atoms with E-state index in [2.05, 4.69) is 24.3 Å². The van der Waals surface area contributed by atoms with Crippen molar-refractivity contribution in [2.24, 2.45) is 7.05 Å². The summed E-state index contributed by atoms with van der Waals surface area (Å²) in [6.07, 6.45) is 2.59. The lowest BCUT2D eigenvalue weighted by atomic mass is 10.1. The largest absolute Gasteiger partial charge is 0.481 e. The third-order valence-electron chi connectivity index (χ3n) is 4.05. The van der Waals surface area contributed by atoms with E-state index < -0.39 is 5.97 Å². The molecule has 1 aromatic heterocycles. The molecule has 0 aliphatic rings. The second kappa shape index (κ2) is 7.81. The van der Waals surface area contributed by atoms with Crippen LogP contribution in [0.25, 0.3) is 0 Å². The number of aryl methyl sites for hydroxylation is 3. The topological polar surface area (TPSA) is 67.2 Å². The molecule has 0 saturated heterocycles. The summed E-state index contributed by atoms with van der Waals surface area (Å²) in [5.41, 5.74) is 5.72. The van der Waals surface area contributed by atoms with Crippen LogP contribution in [0.5, 0.6) is 0 Å². The normalized spacial score (nSPS) is 10.7. The van der Waals surface area contributed by atoms with Crippen LogP contribution in [0.3, 0.4) is 0 Å². The molecule has 0 unspecified atom stereocenters. The number of carbonyl (C=O) groups is 1. The van der Waals surface area contributed by atoms with E-state index in [0.29, 0.717) is 6.42 Å². The van der Waals surface area contributed by atoms with E-state index in [-0.39, 0.29) is 6.42 Å². The molecular formula is C18H25N3O2. The van der Waals surface area contributed by atoms with E-state index in [4.69, 9.17) is 5.11 Å². The first-order valence-corrected chi connectivity index (χ1v) is 8.13. The van der Waals surface area contributed by atoms with Crippen molar-refractivity contribution in [2.45, 2.75) is 46.1 Å². The molecule has 23 heavy (non-hydrogen) atoms. The second-order valence-electron chi connectivity index (χ2n) is 5.65. The van der Waals surface area contributed by atoms with Gasteiger partial charge >= 0.3 is 5.97 Å². The third-order valence-corrected chi connectivity index (χ3v) is 4.05. The zero-order chi connectivity index (χ0) is 16.8. The Labute approximate surface area is 137 Å². The van der Waals surface area contributed by atoms with Crippen LogP contribution < -0.4 is 5.32 Å². The number of aromatic nitrogens is 2. The number of carboxylic acids is 1. The first kappa shape index (κ1) is 17.1. The number of nitrogens with one attached hydrogen (secondary N) is 1. The van der Waals surface area contributed by atoms with Crippen molar-refractivity contribution in [3.63, 3.8) is 0 Å². The number of rotatable bonds is 8. The predicted molar refractivity (Wildman–Crippen MR) is 91.7 cm³/mol. The van der Waals surface area contributed by atoms with Crippen molar-refractivity contribution in [2.75, 3.05) is 5.32 Å². The Bertz CT molecular complexity index is 677. The van der Waals surface area contributed by atoms with Crippen LogP contribution in [0.2, 0.25) is 0 Å². The molecule has 2 rings (SSSR count). The number of nitrogens with zero attached hydrogens (tertiary/aromatic N) is 2. The van der Waals surface area contributed by atoms with Crippen molar-refractivity contribution in [1.82, 2.24) is 9.78 Å². The van der Waals surface area contributed by atoms with Gasteiger partial charge in [-0.2, -0.15) is 5.10 Å². The fraction of sp³-hybridized carbons (Fsp3) is 0.444. The van der Waals surface area contributed by atoms with Gasteiger partial charge in [0.25, 0.3) is 0 Å². The van der Waals surface area contributed by atoms with Gasteiger partial charge < -0.3 is 10.4 Å². The number of aliphatic carboxylic acids is 1. The van der Waals surface area contributed by atoms with Gasteiger partial charge in [-0.25, -0.2) is 0 Å². The van der Waals surface area contributed by atoms with Gasteiger partial charge in [0.2, 0.25) is 0 Å². The summed E-state index contributed by atoms with van der Waals surface area (Å²) in [6.45, 7) is 5.01. The Kier molecular flexibility index (Phi) is 5.79. The van der Waals surface area contributed by atoms with Gasteiger partial charge in [0.1, 0.15) is 0 Å². The predicted octanol–water partition coefficient (Wildman–Crippen LogP) is 3.17. The van der Waals surface area contributed by atoms with E-state index in [0.717, 1.165) is 36.3 Å². The lowest BCUT2D eigenvalue weighted by molar-refractivity contribution is -0.136. The zero-order valence-electron chi connectivity index (χ0n) is 14.1. The minimum Gasteiger partial charge on any atom is -0.481 e. The smallest absolute Gasteiger partial charge is 0.303 e. The monoisotopic (exact) mass is 315 g/mol. The van der Waals surface area contributed by atoms with Gasteiger partial charge in [0.05, 0.1) is 5.69 Å². The molecule has 2 N–H and O–H groups in total. The maximum Gasteiger partial charge on any atom is 0.303 e. The molecule has 0 atom stereocenters. The van der Waals surface area contributed by atoms with Crippen LogP contribution in [0, 0.1) is 0 Å². The summed E-state index contributed by atoms with van der Waals surface area (Å²) < 4.78 is 1.97. The summed E-state index contributed by atoms with van der Waals surface area (Å²) in [5.74, 6) is -0.765. The quantitative estimate of drug-likeness (QED) is 0.785. The lowest BCUT2D eigenvalue weighted by Crippen LogP contribution is -2.05. The van der Waals surface area contributed by atoms with Crippen LogP contribution >= 0.6 is 0 Å². The van der Waals surface area contributed by atoms with Crippen molar-refractivity contribution in [1.29, 1.82) is 0 Å². The zero-order valence-corrected chi connectivity index (χ0v) is 14.1. The van der Waals surface area contributed by atoms with Crippen molar-refractivity contribution >= 4 is 11.7 Å². The summed E-state index contributed by atoms with van der Waals surface area (Å²) in [7, 11) is 1.99. The Morgan fingerprint density at radius 2 is 2.09 bits per heavy atom. The van der Waals surface area contributed by atoms with Crippen LogP contribution in [0.1, 0.15) is 42.8 Å². The average molecular weight is 315 g/mol. The minimum absolute atomic E-state index is 0.159. The molecule has 2 aromatic rings. The first-order chi connectivity index (χ1) is 11.0. The fourth-order valence-electron chi connectivity index (χ4n) is 2.87. The van der Waals surface area contributed by atoms with E-state index in [9.17, 15) is 4.79 Å². The molecular weight excluding hydrogens is 290 g/mol. The van der Waals surface area contributed by atoms with Crippen LogP contribution in [-0.2, 0) is 37.6 Å². The molecule has 0 spiro atoms. The molecule has 0 radical (unpaired) electrons. The maximum atomic E-state index is 10.7. The standard InChI is InChI=1S/C18H25N3O2/c1-4-16-15(17(5-2)21(3)20-16)12-19-14-8-6-7-13(11-14)9-10-18(22)23/h6-8,11,19H,4-5,9-10,12H2,1-3H3,(H,22,23). The molecule has 0 fully saturated rings.